The number of aliphatic hydroxyl groups excluding tert-OH is 1. The Morgan fingerprint density at radius 3 is 2.37 bits per heavy atom. The van der Waals surface area contributed by atoms with Crippen LogP contribution in [0, 0.1) is 12.3 Å². The predicted octanol–water partition coefficient (Wildman–Crippen LogP) is 6.50. The standard InChI is InChI=1S/C54H68FN11O6S/c1-34-49(73-33-59-34)37-17-15-35(16-18-37)29-58-52(70)42-28-39(67)31-66(42)53(71)50(54(2,3)4)60-44(68)14-9-7-6-8-10-23-56-45(69)32-64-24-26-65(27-25-64)38-21-19-36(20-22-38)47-48-41(62-63-47)30-57-51(61-48)46-40(55)12-11-13-43(46)72-5/h11,13,15-22,30,33,39-40,42,50,67H,6-10,12,14,23-29,31-32H2,1-5H3,(H,56,69)(H,58,70)(H,60,68)(H,62,63)/t39-,40?,42+,50-/m1/s1. The number of benzene rings is 2. The van der Waals surface area contributed by atoms with E-state index in [0.717, 1.165) is 84.8 Å². The number of methoxy groups -OCH3 is 1. The zero-order chi connectivity index (χ0) is 51.6. The fraction of sp³-hybridized carbons (Fsp3) is 0.481. The average molecular weight is 1020 g/mol. The number of amides is 4. The third-order valence-electron chi connectivity index (χ3n) is 13.8. The van der Waals surface area contributed by atoms with E-state index in [-0.39, 0.29) is 61.8 Å². The van der Waals surface area contributed by atoms with Crippen molar-refractivity contribution in [3.05, 3.63) is 95.2 Å². The van der Waals surface area contributed by atoms with Crippen molar-refractivity contribution in [2.24, 2.45) is 5.41 Å². The number of unbranched alkanes of at least 4 members (excludes halogenated alkanes) is 4. The number of hydrogen-bond donors (Lipinski definition) is 5. The second-order valence-corrected chi connectivity index (χ2v) is 21.1. The molecule has 8 rings (SSSR count). The number of fused-ring (bicyclic) bond motifs is 1. The highest BCUT2D eigenvalue weighted by Crippen LogP contribution is 2.33. The number of alkyl halides is 1. The molecule has 5 N–H and O–H groups in total. The lowest BCUT2D eigenvalue weighted by molar-refractivity contribution is -0.144. The molecule has 2 saturated heterocycles. The highest BCUT2D eigenvalue weighted by molar-refractivity contribution is 7.13. The minimum absolute atomic E-state index is 0.00638. The van der Waals surface area contributed by atoms with Gasteiger partial charge < -0.3 is 35.6 Å². The topological polar surface area (TPSA) is 211 Å². The fourth-order valence-corrected chi connectivity index (χ4v) is 10.5. The van der Waals surface area contributed by atoms with Crippen LogP contribution in [0.5, 0.6) is 0 Å². The number of aromatic amines is 1. The maximum Gasteiger partial charge on any atom is 0.246 e. The highest BCUT2D eigenvalue weighted by Gasteiger charge is 2.44. The summed E-state index contributed by atoms with van der Waals surface area (Å²) in [6.07, 6.45) is 7.78. The summed E-state index contributed by atoms with van der Waals surface area (Å²) < 4.78 is 20.4. The Labute approximate surface area is 430 Å². The van der Waals surface area contributed by atoms with Gasteiger partial charge in [-0.05, 0) is 54.5 Å². The summed E-state index contributed by atoms with van der Waals surface area (Å²) in [7, 11) is 1.51. The van der Waals surface area contributed by atoms with Crippen LogP contribution < -0.4 is 20.9 Å². The minimum Gasteiger partial charge on any atom is -0.496 e. The van der Waals surface area contributed by atoms with Crippen molar-refractivity contribution in [3.8, 4) is 21.7 Å². The fourth-order valence-electron chi connectivity index (χ4n) is 9.66. The third-order valence-corrected chi connectivity index (χ3v) is 14.8. The number of aryl methyl sites for hydroxylation is 1. The number of carbonyl (C=O) groups excluding carboxylic acids is 4. The van der Waals surface area contributed by atoms with Crippen LogP contribution in [0.1, 0.15) is 89.2 Å². The largest absolute Gasteiger partial charge is 0.496 e. The number of ether oxygens (including phenoxy) is 1. The number of aliphatic hydroxyl groups is 1. The smallest absolute Gasteiger partial charge is 0.246 e. The molecule has 5 heterocycles. The summed E-state index contributed by atoms with van der Waals surface area (Å²) in [4.78, 5) is 74.0. The molecule has 1 unspecified atom stereocenters. The van der Waals surface area contributed by atoms with E-state index in [4.69, 9.17) is 9.72 Å². The van der Waals surface area contributed by atoms with Gasteiger partial charge in [-0.2, -0.15) is 5.10 Å². The number of β-amino-alcohol motifs (C(OH)–C–C–N with tert-alkyl or cyclic N) is 1. The number of aromatic nitrogens is 5. The number of nitrogens with zero attached hydrogens (tertiary/aromatic N) is 7. The van der Waals surface area contributed by atoms with Crippen molar-refractivity contribution in [2.45, 2.75) is 110 Å². The van der Waals surface area contributed by atoms with Gasteiger partial charge in [0.2, 0.25) is 23.6 Å². The van der Waals surface area contributed by atoms with Gasteiger partial charge in [0, 0.05) is 76.3 Å². The van der Waals surface area contributed by atoms with Crippen LogP contribution >= 0.6 is 11.3 Å². The molecule has 3 aromatic heterocycles. The molecule has 4 atom stereocenters. The number of carbonyl (C=O) groups is 4. The van der Waals surface area contributed by atoms with Crippen LogP contribution in [-0.2, 0) is 30.5 Å². The summed E-state index contributed by atoms with van der Waals surface area (Å²) in [5.41, 5.74) is 8.30. The molecule has 3 aliphatic rings. The van der Waals surface area contributed by atoms with Crippen LogP contribution in [0.25, 0.3) is 38.3 Å². The Morgan fingerprint density at radius 2 is 1.66 bits per heavy atom. The van der Waals surface area contributed by atoms with Crippen molar-refractivity contribution in [3.63, 3.8) is 0 Å². The van der Waals surface area contributed by atoms with E-state index in [1.54, 1.807) is 29.7 Å². The van der Waals surface area contributed by atoms with Crippen LogP contribution in [0.3, 0.4) is 0 Å². The number of allylic oxidation sites excluding steroid dienone is 3. The summed E-state index contributed by atoms with van der Waals surface area (Å²) >= 11 is 1.58. The first kappa shape index (κ1) is 52.7. The van der Waals surface area contributed by atoms with Crippen molar-refractivity contribution in [2.75, 3.05) is 57.8 Å². The van der Waals surface area contributed by atoms with E-state index in [2.05, 4.69) is 58.0 Å². The number of rotatable bonds is 20. The summed E-state index contributed by atoms with van der Waals surface area (Å²) in [5, 5.41) is 27.1. The number of H-pyrrole nitrogens is 1. The molecule has 19 heteroatoms. The third kappa shape index (κ3) is 13.2. The van der Waals surface area contributed by atoms with Crippen LogP contribution in [0.2, 0.25) is 0 Å². The van der Waals surface area contributed by atoms with E-state index in [0.29, 0.717) is 47.6 Å². The molecule has 4 amide bonds. The van der Waals surface area contributed by atoms with Gasteiger partial charge in [-0.3, -0.25) is 29.2 Å². The lowest BCUT2D eigenvalue weighted by Gasteiger charge is -2.35. The number of likely N-dealkylation sites (tertiary alicyclic amines) is 1. The number of halogens is 1. The van der Waals surface area contributed by atoms with Crippen molar-refractivity contribution < 1.29 is 33.4 Å². The SMILES string of the molecule is COC1=C(c2ncc3[nH]nc(-c4ccc(N5CCN(CC(=O)NCCCCCCCC(=O)N[C@H](C(=O)N6C[C@H](O)C[C@H]6C(=O)NCc6ccc(-c7scnc7C)cc6)C(C)(C)C)CC5)cc4)c3n2)C(F)CC=C1. The number of thiazole rings is 1. The van der Waals surface area contributed by atoms with E-state index in [1.165, 1.54) is 12.0 Å². The van der Waals surface area contributed by atoms with E-state index in [1.807, 2.05) is 69.6 Å². The Hall–Kier alpha value is -6.57. The van der Waals surface area contributed by atoms with E-state index >= 15 is 0 Å². The molecule has 0 spiro atoms. The van der Waals surface area contributed by atoms with E-state index in [9.17, 15) is 28.7 Å². The first-order chi connectivity index (χ1) is 35.2. The highest BCUT2D eigenvalue weighted by atomic mass is 32.1. The average Bonchev–Trinajstić information content (AvgIpc) is 4.13. The predicted molar refractivity (Wildman–Crippen MR) is 281 cm³/mol. The zero-order valence-electron chi connectivity index (χ0n) is 42.5. The first-order valence-electron chi connectivity index (χ1n) is 25.4. The van der Waals surface area contributed by atoms with Gasteiger partial charge in [0.05, 0.1) is 47.6 Å². The summed E-state index contributed by atoms with van der Waals surface area (Å²) in [6, 6.07) is 14.3. The molecular weight excluding hydrogens is 950 g/mol. The Kier molecular flexibility index (Phi) is 17.3. The monoisotopic (exact) mass is 1020 g/mol. The molecule has 0 bridgehead atoms. The van der Waals surface area contributed by atoms with Gasteiger partial charge in [0.25, 0.3) is 0 Å². The maximum absolute atomic E-state index is 15.0. The Balaban J connectivity index is 0.703. The molecule has 388 valence electrons. The normalized spacial score (nSPS) is 18.8. The molecule has 2 aliphatic heterocycles. The molecule has 2 fully saturated rings. The molecule has 2 aromatic carbocycles. The first-order valence-corrected chi connectivity index (χ1v) is 26.2. The Morgan fingerprint density at radius 1 is 0.932 bits per heavy atom. The number of anilines is 1. The number of nitrogens with one attached hydrogen (secondary N) is 4. The van der Waals surface area contributed by atoms with Gasteiger partial charge in [0.15, 0.2) is 5.82 Å². The van der Waals surface area contributed by atoms with Gasteiger partial charge in [-0.25, -0.2) is 19.3 Å². The molecule has 1 aliphatic carbocycles. The number of hydrogen-bond acceptors (Lipinski definition) is 13. The van der Waals surface area contributed by atoms with Crippen LogP contribution in [0.4, 0.5) is 10.1 Å². The molecule has 0 radical (unpaired) electrons. The zero-order valence-corrected chi connectivity index (χ0v) is 43.3. The molecule has 17 nitrogen and oxygen atoms in total. The molecule has 0 saturated carbocycles. The summed E-state index contributed by atoms with van der Waals surface area (Å²) in [5.74, 6) is -0.254. The second kappa shape index (κ2) is 24.0. The Bertz CT molecular complexity index is 2780. The minimum atomic E-state index is -1.26. The van der Waals surface area contributed by atoms with E-state index < -0.39 is 29.8 Å². The van der Waals surface area contributed by atoms with Gasteiger partial charge in [0.1, 0.15) is 40.7 Å². The second-order valence-electron chi connectivity index (χ2n) is 20.2. The lowest BCUT2D eigenvalue weighted by atomic mass is 9.85. The van der Waals surface area contributed by atoms with Crippen molar-refractivity contribution in [1.82, 2.24) is 50.9 Å². The molecule has 73 heavy (non-hydrogen) atoms. The van der Waals surface area contributed by atoms with Gasteiger partial charge in [-0.15, -0.1) is 11.3 Å². The molecular formula is C54H68FN11O6S. The number of piperazine rings is 1. The quantitative estimate of drug-likeness (QED) is 0.0530. The molecule has 5 aromatic rings. The van der Waals surface area contributed by atoms with Gasteiger partial charge >= 0.3 is 0 Å². The van der Waals surface area contributed by atoms with Gasteiger partial charge in [-0.1, -0.05) is 82.5 Å². The van der Waals surface area contributed by atoms with Crippen LogP contribution in [0.15, 0.2) is 78.1 Å². The van der Waals surface area contributed by atoms with Crippen molar-refractivity contribution in [1.29, 1.82) is 0 Å². The van der Waals surface area contributed by atoms with Crippen LogP contribution in [-0.4, -0.2) is 141 Å². The van der Waals surface area contributed by atoms with Crippen molar-refractivity contribution >= 4 is 57.3 Å². The lowest BCUT2D eigenvalue weighted by Crippen LogP contribution is -2.57. The summed E-state index contributed by atoms with van der Waals surface area (Å²) in [6.45, 7) is 11.9. The maximum atomic E-state index is 15.0.